The van der Waals surface area contributed by atoms with Gasteiger partial charge in [0, 0.05) is 24.2 Å². The molecular weight excluding hydrogens is 427 g/mol. The van der Waals surface area contributed by atoms with Crippen molar-refractivity contribution in [1.29, 1.82) is 0 Å². The summed E-state index contributed by atoms with van der Waals surface area (Å²) in [7, 11) is 0. The van der Waals surface area contributed by atoms with Gasteiger partial charge in [-0.3, -0.25) is 9.59 Å². The minimum absolute atomic E-state index is 0.153. The summed E-state index contributed by atoms with van der Waals surface area (Å²) in [5.41, 5.74) is 6.83. The van der Waals surface area contributed by atoms with Gasteiger partial charge in [-0.05, 0) is 68.5 Å². The summed E-state index contributed by atoms with van der Waals surface area (Å²) in [4.78, 5) is 23.1. The van der Waals surface area contributed by atoms with E-state index in [1.807, 2.05) is 36.9 Å². The van der Waals surface area contributed by atoms with Gasteiger partial charge in [0.05, 0.1) is 5.69 Å². The third kappa shape index (κ3) is 4.76. The lowest BCUT2D eigenvalue weighted by atomic mass is 9.91. The van der Waals surface area contributed by atoms with Gasteiger partial charge in [0.1, 0.15) is 24.2 Å². The lowest BCUT2D eigenvalue weighted by molar-refractivity contribution is -0.134. The maximum atomic E-state index is 14.1. The van der Waals surface area contributed by atoms with Crippen molar-refractivity contribution in [2.75, 3.05) is 16.8 Å². The molecule has 1 fully saturated rings. The molecule has 8 nitrogen and oxygen atoms in total. The normalized spacial score (nSPS) is 18.9. The number of carboxylic acids is 1. The number of aryl methyl sites for hydroxylation is 1. The Bertz CT molecular complexity index is 1110. The van der Waals surface area contributed by atoms with Crippen LogP contribution in [0.1, 0.15) is 38.7 Å². The summed E-state index contributed by atoms with van der Waals surface area (Å²) in [6.07, 6.45) is 3.44. The molecule has 1 unspecified atom stereocenters. The summed E-state index contributed by atoms with van der Waals surface area (Å²) < 4.78 is 20.1. The van der Waals surface area contributed by atoms with E-state index in [0.717, 1.165) is 47.8 Å². The van der Waals surface area contributed by atoms with E-state index >= 15 is 0 Å². The third-order valence-electron chi connectivity index (χ3n) is 5.87. The van der Waals surface area contributed by atoms with Gasteiger partial charge in [0.15, 0.2) is 5.84 Å². The van der Waals surface area contributed by atoms with Crippen molar-refractivity contribution in [3.63, 3.8) is 0 Å². The number of benzene rings is 2. The van der Waals surface area contributed by atoms with E-state index in [1.54, 1.807) is 6.07 Å². The van der Waals surface area contributed by atoms with Crippen LogP contribution < -0.4 is 20.4 Å². The summed E-state index contributed by atoms with van der Waals surface area (Å²) in [6.45, 7) is 5.09. The van der Waals surface area contributed by atoms with Crippen molar-refractivity contribution in [2.45, 2.75) is 52.1 Å². The molecule has 9 heteroatoms. The molecule has 0 bridgehead atoms. The summed E-state index contributed by atoms with van der Waals surface area (Å²) >= 11 is 0. The van der Waals surface area contributed by atoms with Crippen LogP contribution in [0.5, 0.6) is 5.75 Å². The first-order chi connectivity index (χ1) is 15.7. The number of halogens is 1. The fourth-order valence-electron chi connectivity index (χ4n) is 4.09. The second-order valence-electron chi connectivity index (χ2n) is 8.51. The smallest absolute Gasteiger partial charge is 0.300 e. The first kappa shape index (κ1) is 22.6. The number of amides is 1. The molecule has 1 amide bonds. The Morgan fingerprint density at radius 2 is 2.00 bits per heavy atom. The minimum Gasteiger partial charge on any atom is -0.483 e. The van der Waals surface area contributed by atoms with Crippen LogP contribution in [-0.4, -0.2) is 41.5 Å². The van der Waals surface area contributed by atoms with Gasteiger partial charge in [-0.1, -0.05) is 6.07 Å². The lowest BCUT2D eigenvalue weighted by Gasteiger charge is -2.39. The molecule has 1 saturated carbocycles. The average molecular weight is 455 g/mol. The van der Waals surface area contributed by atoms with Crippen LogP contribution in [0.4, 0.5) is 15.8 Å². The number of nitrogens with one attached hydrogen (secondary N) is 2. The van der Waals surface area contributed by atoms with Crippen molar-refractivity contribution in [3.8, 4) is 16.9 Å². The second-order valence-corrected chi connectivity index (χ2v) is 8.51. The zero-order valence-electron chi connectivity index (χ0n) is 18.8. The van der Waals surface area contributed by atoms with E-state index in [0.29, 0.717) is 17.6 Å². The highest BCUT2D eigenvalue weighted by atomic mass is 19.1. The topological polar surface area (TPSA) is 103 Å². The Hall–Kier alpha value is -3.62. The molecule has 0 saturated heterocycles. The first-order valence-electron chi connectivity index (χ1n) is 10.9. The van der Waals surface area contributed by atoms with Crippen LogP contribution in [-0.2, 0) is 9.59 Å². The van der Waals surface area contributed by atoms with Crippen LogP contribution >= 0.6 is 0 Å². The zero-order chi connectivity index (χ0) is 23.7. The first-order valence-corrected chi connectivity index (χ1v) is 10.9. The van der Waals surface area contributed by atoms with Gasteiger partial charge in [-0.25, -0.2) is 9.82 Å². The van der Waals surface area contributed by atoms with E-state index in [4.69, 9.17) is 14.6 Å². The summed E-state index contributed by atoms with van der Waals surface area (Å²) in [5, 5.41) is 15.2. The molecule has 0 spiro atoms. The lowest BCUT2D eigenvalue weighted by Crippen LogP contribution is -2.55. The Kier molecular flexibility index (Phi) is 6.22. The number of hydrazone groups is 1. The number of anilines is 2. The molecule has 0 aromatic heterocycles. The average Bonchev–Trinajstić information content (AvgIpc) is 2.71. The van der Waals surface area contributed by atoms with Crippen molar-refractivity contribution in [1.82, 2.24) is 5.43 Å². The van der Waals surface area contributed by atoms with Gasteiger partial charge in [-0.15, -0.1) is 0 Å². The Labute approximate surface area is 191 Å². The number of carboxylic acid groups (broad SMARTS) is 1. The highest BCUT2D eigenvalue weighted by Gasteiger charge is 2.36. The number of rotatable bonds is 3. The van der Waals surface area contributed by atoms with Crippen LogP contribution in [0.25, 0.3) is 11.1 Å². The number of aliphatic carboxylic acids is 1. The van der Waals surface area contributed by atoms with E-state index in [1.165, 1.54) is 12.5 Å². The maximum Gasteiger partial charge on any atom is 0.300 e. The summed E-state index contributed by atoms with van der Waals surface area (Å²) in [5.74, 6) is 0.0963. The van der Waals surface area contributed by atoms with Crippen LogP contribution in [0, 0.1) is 12.7 Å². The second kappa shape index (κ2) is 9.09. The number of carbonyl (C=O) groups excluding carboxylic acids is 1. The van der Waals surface area contributed by atoms with Crippen molar-refractivity contribution < 1.29 is 23.8 Å². The Morgan fingerprint density at radius 1 is 1.27 bits per heavy atom. The number of carbonyl (C=O) groups is 2. The van der Waals surface area contributed by atoms with Gasteiger partial charge in [0.2, 0.25) is 0 Å². The largest absolute Gasteiger partial charge is 0.483 e. The monoisotopic (exact) mass is 454 g/mol. The predicted octanol–water partition coefficient (Wildman–Crippen LogP) is 3.89. The van der Waals surface area contributed by atoms with E-state index in [2.05, 4.69) is 15.8 Å². The minimum atomic E-state index is -0.833. The zero-order valence-corrected chi connectivity index (χ0v) is 18.8. The molecule has 2 aromatic carbocycles. The summed E-state index contributed by atoms with van der Waals surface area (Å²) in [6, 6.07) is 9.02. The number of fused-ring (bicyclic) bond motifs is 3. The number of hydrogen-bond acceptors (Lipinski definition) is 6. The van der Waals surface area contributed by atoms with E-state index in [9.17, 15) is 9.18 Å². The molecule has 5 rings (SSSR count). The highest BCUT2D eigenvalue weighted by molar-refractivity contribution is 6.10. The molecule has 0 radical (unpaired) electrons. The molecule has 1 atom stereocenters. The van der Waals surface area contributed by atoms with Gasteiger partial charge in [0.25, 0.3) is 11.9 Å². The van der Waals surface area contributed by atoms with E-state index in [-0.39, 0.29) is 24.4 Å². The van der Waals surface area contributed by atoms with Crippen LogP contribution in [0.3, 0.4) is 0 Å². The molecule has 3 aliphatic rings. The molecular formula is C24H27FN4O4. The fraction of sp³-hybridized carbons (Fsp3) is 0.375. The fourth-order valence-corrected chi connectivity index (χ4v) is 4.09. The quantitative estimate of drug-likeness (QED) is 0.650. The molecule has 2 aliphatic heterocycles. The maximum absolute atomic E-state index is 14.1. The van der Waals surface area contributed by atoms with Crippen LogP contribution in [0.2, 0.25) is 0 Å². The molecule has 2 aromatic rings. The van der Waals surface area contributed by atoms with E-state index < -0.39 is 5.97 Å². The van der Waals surface area contributed by atoms with Crippen molar-refractivity contribution in [2.24, 2.45) is 5.10 Å². The standard InChI is InChI=1S/C22H23FN4O2.C2H4O2/c1-12-6-14(8-15(23)7-12)17-9-20-19(10-18(17)24-16-4-3-5-16)27-13(2)22(28)26-25-21(27)11-29-20;1-2(3)4/h6-10,13,16,24H,3-5,11H2,1-2H3,(H,26,28);1H3,(H,3,4). The number of ether oxygens (including phenoxy) is 1. The van der Waals surface area contributed by atoms with Crippen molar-refractivity contribution >= 4 is 29.1 Å². The molecule has 33 heavy (non-hydrogen) atoms. The van der Waals surface area contributed by atoms with Gasteiger partial charge < -0.3 is 20.1 Å². The Balaban J connectivity index is 0.000000601. The molecule has 3 N–H and O–H groups in total. The van der Waals surface area contributed by atoms with Gasteiger partial charge >= 0.3 is 0 Å². The number of amidine groups is 1. The SMILES string of the molecule is CC(=O)O.Cc1cc(F)cc(-c2cc3c(cc2NC2CCC2)N2C(=NNC(=O)C2C)CO3)c1. The van der Waals surface area contributed by atoms with Crippen LogP contribution in [0.15, 0.2) is 35.4 Å². The number of hydrogen-bond donors (Lipinski definition) is 3. The van der Waals surface area contributed by atoms with Gasteiger partial charge in [-0.2, -0.15) is 5.10 Å². The molecule has 1 aliphatic carbocycles. The third-order valence-corrected chi connectivity index (χ3v) is 5.87. The predicted molar refractivity (Wildman–Crippen MR) is 124 cm³/mol. The van der Waals surface area contributed by atoms with Crippen molar-refractivity contribution in [3.05, 3.63) is 41.7 Å². The molecule has 174 valence electrons. The molecule has 2 heterocycles. The highest BCUT2D eigenvalue weighted by Crippen LogP contribution is 2.43. The Morgan fingerprint density at radius 3 is 2.64 bits per heavy atom. The number of nitrogens with zero attached hydrogens (tertiary/aromatic N) is 2.